The average molecular weight is 322 g/mol. The van der Waals surface area contributed by atoms with Crippen molar-refractivity contribution in [3.05, 3.63) is 60.6 Å². The van der Waals surface area contributed by atoms with Crippen LogP contribution in [0.4, 0.5) is 17.7 Å². The molecule has 3 aromatic rings. The van der Waals surface area contributed by atoms with Gasteiger partial charge in [0.25, 0.3) is 0 Å². The molecular weight excluding hydrogens is 304 g/mol. The van der Waals surface area contributed by atoms with Crippen LogP contribution in [0.5, 0.6) is 5.75 Å². The Hall–Kier alpha value is -3.22. The third-order valence-corrected chi connectivity index (χ3v) is 3.06. The fourth-order valence-electron chi connectivity index (χ4n) is 2.04. The van der Waals surface area contributed by atoms with E-state index in [0.29, 0.717) is 25.0 Å². The van der Waals surface area contributed by atoms with Crippen LogP contribution in [0.25, 0.3) is 0 Å². The van der Waals surface area contributed by atoms with Crippen molar-refractivity contribution in [2.75, 3.05) is 23.8 Å². The summed E-state index contributed by atoms with van der Waals surface area (Å²) in [6.45, 7) is 3.08. The molecule has 0 saturated heterocycles. The van der Waals surface area contributed by atoms with Gasteiger partial charge in [0.1, 0.15) is 18.2 Å². The van der Waals surface area contributed by atoms with Crippen LogP contribution in [0.2, 0.25) is 0 Å². The number of nitrogens with one attached hydrogen (secondary N) is 2. The van der Waals surface area contributed by atoms with Crippen molar-refractivity contribution in [3.8, 4) is 5.75 Å². The molecule has 0 saturated carbocycles. The molecular formula is C17H18N6O. The maximum atomic E-state index is 5.64. The van der Waals surface area contributed by atoms with E-state index in [0.717, 1.165) is 17.3 Å². The Morgan fingerprint density at radius 2 is 1.75 bits per heavy atom. The second-order valence-electron chi connectivity index (χ2n) is 5.00. The number of para-hydroxylation sites is 1. The van der Waals surface area contributed by atoms with Crippen molar-refractivity contribution < 1.29 is 4.74 Å². The van der Waals surface area contributed by atoms with Gasteiger partial charge in [-0.3, -0.25) is 5.32 Å². The van der Waals surface area contributed by atoms with E-state index in [9.17, 15) is 0 Å². The molecule has 0 amide bonds. The van der Waals surface area contributed by atoms with E-state index in [1.807, 2.05) is 43.3 Å². The Labute approximate surface area is 140 Å². The second kappa shape index (κ2) is 7.87. The fourth-order valence-corrected chi connectivity index (χ4v) is 2.04. The molecule has 0 aliphatic carbocycles. The minimum Gasteiger partial charge on any atom is -0.492 e. The largest absolute Gasteiger partial charge is 0.492 e. The van der Waals surface area contributed by atoms with Crippen LogP contribution in [0, 0.1) is 6.92 Å². The van der Waals surface area contributed by atoms with Crippen molar-refractivity contribution >= 4 is 17.7 Å². The number of hydrogen-bond acceptors (Lipinski definition) is 7. The molecule has 2 N–H and O–H groups in total. The van der Waals surface area contributed by atoms with Gasteiger partial charge in [-0.25, -0.2) is 15.0 Å². The van der Waals surface area contributed by atoms with Crippen LogP contribution < -0.4 is 15.4 Å². The van der Waals surface area contributed by atoms with E-state index in [-0.39, 0.29) is 0 Å². The number of aromatic nitrogens is 4. The Balaban J connectivity index is 1.55. The number of aryl methyl sites for hydroxylation is 1. The molecule has 24 heavy (non-hydrogen) atoms. The molecule has 0 aliphatic heterocycles. The normalized spacial score (nSPS) is 10.2. The highest BCUT2D eigenvalue weighted by molar-refractivity contribution is 5.48. The van der Waals surface area contributed by atoms with Crippen LogP contribution in [-0.4, -0.2) is 33.1 Å². The van der Waals surface area contributed by atoms with E-state index in [4.69, 9.17) is 4.74 Å². The Morgan fingerprint density at radius 1 is 0.958 bits per heavy atom. The van der Waals surface area contributed by atoms with E-state index in [2.05, 4.69) is 30.6 Å². The molecule has 2 aromatic heterocycles. The highest BCUT2D eigenvalue weighted by Crippen LogP contribution is 2.12. The summed E-state index contributed by atoms with van der Waals surface area (Å²) in [6.07, 6.45) is 3.32. The minimum atomic E-state index is 0.452. The molecule has 0 radical (unpaired) electrons. The zero-order chi connectivity index (χ0) is 16.6. The molecule has 0 spiro atoms. The Bertz CT molecular complexity index is 767. The third-order valence-electron chi connectivity index (χ3n) is 3.06. The fraction of sp³-hybridized carbons (Fsp3) is 0.176. The quantitative estimate of drug-likeness (QED) is 0.647. The summed E-state index contributed by atoms with van der Waals surface area (Å²) in [4.78, 5) is 16.9. The number of ether oxygens (including phenoxy) is 1. The number of anilines is 3. The Morgan fingerprint density at radius 3 is 2.54 bits per heavy atom. The molecule has 1 aromatic carbocycles. The third kappa shape index (κ3) is 4.64. The molecule has 7 nitrogen and oxygen atoms in total. The smallest absolute Gasteiger partial charge is 0.231 e. The van der Waals surface area contributed by atoms with Crippen LogP contribution in [0.1, 0.15) is 5.69 Å². The Kier molecular flexibility index (Phi) is 5.14. The first-order valence-corrected chi connectivity index (χ1v) is 7.61. The van der Waals surface area contributed by atoms with Gasteiger partial charge in [0.15, 0.2) is 0 Å². The topological polar surface area (TPSA) is 84.9 Å². The zero-order valence-electron chi connectivity index (χ0n) is 13.3. The van der Waals surface area contributed by atoms with Crippen LogP contribution in [0.15, 0.2) is 54.9 Å². The van der Waals surface area contributed by atoms with Gasteiger partial charge >= 0.3 is 0 Å². The molecule has 7 heteroatoms. The van der Waals surface area contributed by atoms with Crippen molar-refractivity contribution in [1.29, 1.82) is 0 Å². The van der Waals surface area contributed by atoms with Crippen molar-refractivity contribution in [2.45, 2.75) is 6.92 Å². The van der Waals surface area contributed by atoms with Gasteiger partial charge in [-0.05, 0) is 25.1 Å². The summed E-state index contributed by atoms with van der Waals surface area (Å²) < 4.78 is 5.64. The summed E-state index contributed by atoms with van der Waals surface area (Å²) in [5.74, 6) is 2.48. The zero-order valence-corrected chi connectivity index (χ0v) is 13.3. The van der Waals surface area contributed by atoms with E-state index in [1.165, 1.54) is 0 Å². The summed E-state index contributed by atoms with van der Waals surface area (Å²) in [5.41, 5.74) is 0.843. The summed E-state index contributed by atoms with van der Waals surface area (Å²) >= 11 is 0. The molecule has 3 rings (SSSR count). The highest BCUT2D eigenvalue weighted by atomic mass is 16.5. The predicted octanol–water partition coefficient (Wildman–Crippen LogP) is 2.81. The van der Waals surface area contributed by atoms with Gasteiger partial charge < -0.3 is 10.1 Å². The van der Waals surface area contributed by atoms with Crippen molar-refractivity contribution in [3.63, 3.8) is 0 Å². The highest BCUT2D eigenvalue weighted by Gasteiger charge is 2.04. The molecule has 0 fully saturated rings. The lowest BCUT2D eigenvalue weighted by Crippen LogP contribution is -2.13. The molecule has 0 atom stereocenters. The summed E-state index contributed by atoms with van der Waals surface area (Å²) in [7, 11) is 0. The standard InChI is InChI=1S/C17H18N6O/c1-13-12-15(18-10-11-24-14-6-3-2-4-7-14)22-17(21-13)23-16-19-8-5-9-20-16/h2-9,12H,10-11H2,1H3,(H2,18,19,20,21,22,23). The van der Waals surface area contributed by atoms with Crippen molar-refractivity contribution in [2.24, 2.45) is 0 Å². The predicted molar refractivity (Wildman–Crippen MR) is 92.5 cm³/mol. The van der Waals surface area contributed by atoms with Gasteiger partial charge in [0.2, 0.25) is 11.9 Å². The van der Waals surface area contributed by atoms with E-state index < -0.39 is 0 Å². The molecule has 2 heterocycles. The first-order valence-electron chi connectivity index (χ1n) is 7.61. The number of benzene rings is 1. The molecule has 122 valence electrons. The molecule has 0 unspecified atom stereocenters. The maximum absolute atomic E-state index is 5.64. The van der Waals surface area contributed by atoms with Gasteiger partial charge in [-0.15, -0.1) is 0 Å². The second-order valence-corrected chi connectivity index (χ2v) is 5.00. The van der Waals surface area contributed by atoms with E-state index in [1.54, 1.807) is 18.5 Å². The number of hydrogen-bond donors (Lipinski definition) is 2. The van der Waals surface area contributed by atoms with Gasteiger partial charge in [0, 0.05) is 24.2 Å². The van der Waals surface area contributed by atoms with Crippen LogP contribution >= 0.6 is 0 Å². The average Bonchev–Trinajstić information content (AvgIpc) is 2.60. The lowest BCUT2D eigenvalue weighted by Gasteiger charge is -2.10. The first-order chi connectivity index (χ1) is 11.8. The summed E-state index contributed by atoms with van der Waals surface area (Å²) in [6, 6.07) is 13.3. The van der Waals surface area contributed by atoms with E-state index >= 15 is 0 Å². The van der Waals surface area contributed by atoms with Gasteiger partial charge in [-0.1, -0.05) is 18.2 Å². The number of nitrogens with zero attached hydrogens (tertiary/aromatic N) is 4. The monoisotopic (exact) mass is 322 g/mol. The molecule has 0 aliphatic rings. The summed E-state index contributed by atoms with van der Waals surface area (Å²) in [5, 5.41) is 6.21. The lowest BCUT2D eigenvalue weighted by molar-refractivity contribution is 0.333. The lowest BCUT2D eigenvalue weighted by atomic mass is 10.3. The molecule has 0 bridgehead atoms. The first kappa shape index (κ1) is 15.7. The van der Waals surface area contributed by atoms with Gasteiger partial charge in [-0.2, -0.15) is 4.98 Å². The minimum absolute atomic E-state index is 0.452. The van der Waals surface area contributed by atoms with Crippen LogP contribution in [0.3, 0.4) is 0 Å². The number of rotatable bonds is 7. The van der Waals surface area contributed by atoms with Crippen molar-refractivity contribution in [1.82, 2.24) is 19.9 Å². The van der Waals surface area contributed by atoms with Gasteiger partial charge in [0.05, 0.1) is 6.54 Å². The maximum Gasteiger partial charge on any atom is 0.231 e. The van der Waals surface area contributed by atoms with Crippen LogP contribution in [-0.2, 0) is 0 Å². The SMILES string of the molecule is Cc1cc(NCCOc2ccccc2)nc(Nc2ncccn2)n1.